The monoisotopic (exact) mass is 511 g/mol. The molecule has 10 nitrogen and oxygen atoms in total. The van der Waals surface area contributed by atoms with E-state index in [-0.39, 0.29) is 41.9 Å². The first-order valence-electron chi connectivity index (χ1n) is 10.6. The van der Waals surface area contributed by atoms with Crippen molar-refractivity contribution in [2.45, 2.75) is 31.8 Å². The summed E-state index contributed by atoms with van der Waals surface area (Å²) in [5.41, 5.74) is 0.0730. The van der Waals surface area contributed by atoms with Gasteiger partial charge in [0.2, 0.25) is 5.78 Å². The van der Waals surface area contributed by atoms with Gasteiger partial charge in [0.15, 0.2) is 11.6 Å². The Labute approximate surface area is 198 Å². The SMILES string of the molecule is NS(=O)(=[OH+])OC[C@@H]1CC[C@H](Nc2ncncc2C(=O)c2ccn(Cc3cc(F)c(F)cc3F)n2)C1. The maximum atomic E-state index is 13.9. The van der Waals surface area contributed by atoms with Gasteiger partial charge in [0.1, 0.15) is 23.7 Å². The van der Waals surface area contributed by atoms with Crippen LogP contribution in [0.25, 0.3) is 0 Å². The number of hydrogen-bond acceptors (Lipinski definition) is 7. The lowest BCUT2D eigenvalue weighted by molar-refractivity contribution is 0.103. The fourth-order valence-corrected chi connectivity index (χ4v) is 4.31. The van der Waals surface area contributed by atoms with Gasteiger partial charge in [-0.05, 0) is 37.3 Å². The molecule has 2 heterocycles. The van der Waals surface area contributed by atoms with Crippen LogP contribution >= 0.6 is 0 Å². The number of rotatable bonds is 9. The molecule has 0 saturated heterocycles. The molecule has 1 aliphatic carbocycles. The molecule has 186 valence electrons. The van der Waals surface area contributed by atoms with E-state index in [4.69, 9.17) is 13.5 Å². The summed E-state index contributed by atoms with van der Waals surface area (Å²) in [6.45, 7) is -0.170. The van der Waals surface area contributed by atoms with Crippen molar-refractivity contribution in [1.29, 1.82) is 0 Å². The zero-order valence-electron chi connectivity index (χ0n) is 18.2. The highest BCUT2D eigenvalue weighted by Gasteiger charge is 2.28. The van der Waals surface area contributed by atoms with Crippen LogP contribution in [0.1, 0.15) is 40.9 Å². The van der Waals surface area contributed by atoms with Gasteiger partial charge in [0, 0.05) is 30.1 Å². The summed E-state index contributed by atoms with van der Waals surface area (Å²) in [5.74, 6) is -3.59. The van der Waals surface area contributed by atoms with Crippen LogP contribution in [-0.4, -0.2) is 46.6 Å². The number of nitrogens with zero attached hydrogens (tertiary/aromatic N) is 4. The minimum absolute atomic E-state index is 0.0115. The second-order valence-electron chi connectivity index (χ2n) is 8.19. The van der Waals surface area contributed by atoms with E-state index >= 15 is 0 Å². The van der Waals surface area contributed by atoms with Crippen LogP contribution in [0.4, 0.5) is 19.0 Å². The molecule has 1 aliphatic rings. The molecule has 0 aliphatic heterocycles. The Kier molecular flexibility index (Phi) is 7.14. The number of nitrogens with two attached hydrogens (primary N) is 1. The average molecular weight is 512 g/mol. The molecule has 1 fully saturated rings. The lowest BCUT2D eigenvalue weighted by Gasteiger charge is -2.15. The first kappa shape index (κ1) is 24.8. The highest BCUT2D eigenvalue weighted by Crippen LogP contribution is 2.29. The Hall–Kier alpha value is -3.36. The fourth-order valence-electron chi connectivity index (χ4n) is 3.92. The Bertz CT molecular complexity index is 1350. The fraction of sp³-hybridized carbons (Fsp3) is 0.333. The van der Waals surface area contributed by atoms with E-state index in [1.54, 1.807) is 0 Å². The molecule has 0 amide bonds. The lowest BCUT2D eigenvalue weighted by Crippen LogP contribution is -2.22. The van der Waals surface area contributed by atoms with E-state index in [2.05, 4.69) is 20.4 Å². The summed E-state index contributed by atoms with van der Waals surface area (Å²) in [7, 11) is -3.76. The van der Waals surface area contributed by atoms with Gasteiger partial charge in [-0.3, -0.25) is 9.48 Å². The van der Waals surface area contributed by atoms with Crippen molar-refractivity contribution in [2.75, 3.05) is 11.9 Å². The molecule has 4 N–H and O–H groups in total. The lowest BCUT2D eigenvalue weighted by atomic mass is 10.1. The van der Waals surface area contributed by atoms with Gasteiger partial charge in [0.05, 0.1) is 18.7 Å². The summed E-state index contributed by atoms with van der Waals surface area (Å²) in [6, 6.07) is 2.55. The largest absolute Gasteiger partial charge is 0.484 e. The molecule has 0 spiro atoms. The molecule has 0 radical (unpaired) electrons. The van der Waals surface area contributed by atoms with Crippen LogP contribution in [0.3, 0.4) is 0 Å². The first-order valence-corrected chi connectivity index (χ1v) is 12.1. The van der Waals surface area contributed by atoms with Gasteiger partial charge >= 0.3 is 10.3 Å². The number of carbonyl (C=O) groups excluding carboxylic acids is 1. The molecule has 1 unspecified atom stereocenters. The maximum Gasteiger partial charge on any atom is 0.484 e. The van der Waals surface area contributed by atoms with E-state index in [1.165, 1.54) is 29.5 Å². The summed E-state index contributed by atoms with van der Waals surface area (Å²) in [6.07, 6.45) is 6.11. The van der Waals surface area contributed by atoms with Crippen molar-refractivity contribution >= 4 is 21.9 Å². The van der Waals surface area contributed by atoms with Crippen LogP contribution in [0.5, 0.6) is 0 Å². The van der Waals surface area contributed by atoms with Gasteiger partial charge in [-0.1, -0.05) is 0 Å². The molecule has 14 heteroatoms. The number of nitrogens with one attached hydrogen (secondary N) is 1. The predicted octanol–water partition coefficient (Wildman–Crippen LogP) is 2.33. The second kappa shape index (κ2) is 10.1. The number of carbonyl (C=O) groups is 1. The molecular weight excluding hydrogens is 489 g/mol. The van der Waals surface area contributed by atoms with Crippen molar-refractivity contribution in [2.24, 2.45) is 11.1 Å². The third-order valence-electron chi connectivity index (χ3n) is 5.61. The van der Waals surface area contributed by atoms with Crippen molar-refractivity contribution in [1.82, 2.24) is 19.7 Å². The zero-order valence-corrected chi connectivity index (χ0v) is 19.1. The molecule has 3 atom stereocenters. The Balaban J connectivity index is 1.44. The van der Waals surface area contributed by atoms with Crippen molar-refractivity contribution in [3.05, 3.63) is 71.2 Å². The van der Waals surface area contributed by atoms with Crippen LogP contribution in [-0.2, 0) is 21.0 Å². The van der Waals surface area contributed by atoms with Gasteiger partial charge in [-0.15, -0.1) is 4.21 Å². The molecule has 4 rings (SSSR count). The zero-order chi connectivity index (χ0) is 25.2. The summed E-state index contributed by atoms with van der Waals surface area (Å²) in [5, 5.41) is 12.3. The standard InChI is InChI=1S/C21H21F3N6O4S/c22-16-7-18(24)17(23)6-13(16)9-30-4-3-19(29-30)20(31)15-8-26-11-27-21(15)28-14-2-1-12(5-14)10-34-35(25,32)33/h3-4,6-8,11-12,14H,1-2,5,9-10H2,(H2,25,32,33)(H,26,27,28)/p+1/t12-,14+/m1/s1. The molecule has 1 saturated carbocycles. The molecule has 2 aromatic heterocycles. The number of anilines is 1. The minimum atomic E-state index is -3.76. The Morgan fingerprint density at radius 1 is 1.26 bits per heavy atom. The molecule has 1 aromatic carbocycles. The number of ketones is 1. The van der Waals surface area contributed by atoms with Crippen LogP contribution in [0.2, 0.25) is 0 Å². The smallest absolute Gasteiger partial charge is 0.367 e. The van der Waals surface area contributed by atoms with Gasteiger partial charge < -0.3 is 5.32 Å². The van der Waals surface area contributed by atoms with E-state index in [0.29, 0.717) is 18.3 Å². The first-order chi connectivity index (χ1) is 16.6. The van der Waals surface area contributed by atoms with Gasteiger partial charge in [0.25, 0.3) is 0 Å². The highest BCUT2D eigenvalue weighted by atomic mass is 32.2. The molecular formula is C21H22F3N6O4S+. The summed E-state index contributed by atoms with van der Waals surface area (Å²) < 4.78 is 66.7. The van der Waals surface area contributed by atoms with Crippen molar-refractivity contribution in [3.63, 3.8) is 0 Å². The average Bonchev–Trinajstić information content (AvgIpc) is 3.45. The van der Waals surface area contributed by atoms with Gasteiger partial charge in [-0.25, -0.2) is 27.3 Å². The number of benzene rings is 1. The predicted molar refractivity (Wildman–Crippen MR) is 118 cm³/mol. The number of aromatic nitrogens is 4. The number of hydrogen-bond donors (Lipinski definition) is 2. The van der Waals surface area contributed by atoms with Crippen LogP contribution in [0, 0.1) is 23.4 Å². The van der Waals surface area contributed by atoms with Crippen LogP contribution < -0.4 is 10.5 Å². The van der Waals surface area contributed by atoms with E-state index < -0.39 is 33.5 Å². The second-order valence-corrected chi connectivity index (χ2v) is 9.46. The van der Waals surface area contributed by atoms with Crippen molar-refractivity contribution in [3.8, 4) is 0 Å². The molecule has 3 aromatic rings. The minimum Gasteiger partial charge on any atom is -0.367 e. The van der Waals surface area contributed by atoms with Gasteiger partial charge in [-0.2, -0.15) is 14.4 Å². The third kappa shape index (κ3) is 6.21. The Morgan fingerprint density at radius 3 is 2.80 bits per heavy atom. The van der Waals surface area contributed by atoms with E-state index in [9.17, 15) is 22.2 Å². The number of halogens is 3. The quantitative estimate of drug-likeness (QED) is 0.255. The summed E-state index contributed by atoms with van der Waals surface area (Å²) >= 11 is 0. The van der Waals surface area contributed by atoms with Crippen LogP contribution in [0.15, 0.2) is 36.9 Å². The third-order valence-corrected chi connectivity index (χ3v) is 6.08. The Morgan fingerprint density at radius 2 is 2.03 bits per heavy atom. The normalized spacial score (nSPS) is 19.4. The maximum absolute atomic E-state index is 13.9. The summed E-state index contributed by atoms with van der Waals surface area (Å²) in [4.78, 5) is 21.2. The van der Waals surface area contributed by atoms with Crippen molar-refractivity contribution < 1.29 is 30.6 Å². The highest BCUT2D eigenvalue weighted by molar-refractivity contribution is 7.84. The molecule has 0 bridgehead atoms. The topological polar surface area (TPSA) is 146 Å². The molecule has 35 heavy (non-hydrogen) atoms. The van der Waals surface area contributed by atoms with E-state index in [0.717, 1.165) is 18.9 Å². The van der Waals surface area contributed by atoms with E-state index in [1.807, 2.05) is 0 Å².